The van der Waals surface area contributed by atoms with Gasteiger partial charge in [-0.1, -0.05) is 6.07 Å². The van der Waals surface area contributed by atoms with Crippen LogP contribution in [0.5, 0.6) is 0 Å². The van der Waals surface area contributed by atoms with E-state index in [1.165, 1.54) is 12.1 Å². The molecule has 1 aromatic carbocycles. The molecule has 1 amide bonds. The van der Waals surface area contributed by atoms with Gasteiger partial charge in [-0.25, -0.2) is 4.39 Å². The second kappa shape index (κ2) is 4.58. The van der Waals surface area contributed by atoms with E-state index in [1.54, 1.807) is 6.07 Å². The van der Waals surface area contributed by atoms with Gasteiger partial charge in [-0.3, -0.25) is 9.59 Å². The molecule has 1 unspecified atom stereocenters. The number of benzene rings is 1. The van der Waals surface area contributed by atoms with Crippen LogP contribution in [-0.4, -0.2) is 17.0 Å². The average molecular weight is 277 g/mol. The minimum absolute atomic E-state index is 0.205. The summed E-state index contributed by atoms with van der Waals surface area (Å²) in [6.07, 6.45) is 3.22. The van der Waals surface area contributed by atoms with E-state index in [1.807, 2.05) is 0 Å². The number of carbonyl (C=O) groups is 2. The maximum Gasteiger partial charge on any atom is 0.319 e. The maximum atomic E-state index is 13.2. The zero-order chi connectivity index (χ0) is 14.3. The molecule has 5 heteroatoms. The molecule has 4 nitrogen and oxygen atoms in total. The number of carbonyl (C=O) groups excluding carboxylic acids is 1. The summed E-state index contributed by atoms with van der Waals surface area (Å²) in [5.74, 6) is -1.74. The standard InChI is InChI=1S/C15H16FNO3/c16-10-4-5-11-9(8-10)2-1-3-12(11)17-13(18)15(6-7-15)14(19)20/h4-5,8,12H,1-3,6-7H2,(H,17,18)(H,19,20). The van der Waals surface area contributed by atoms with E-state index >= 15 is 0 Å². The van der Waals surface area contributed by atoms with Crippen molar-refractivity contribution in [1.82, 2.24) is 5.32 Å². The quantitative estimate of drug-likeness (QED) is 0.832. The molecule has 0 bridgehead atoms. The van der Waals surface area contributed by atoms with Crippen molar-refractivity contribution in [2.24, 2.45) is 5.41 Å². The van der Waals surface area contributed by atoms with Crippen molar-refractivity contribution >= 4 is 11.9 Å². The Morgan fingerprint density at radius 2 is 2.10 bits per heavy atom. The number of rotatable bonds is 3. The van der Waals surface area contributed by atoms with Gasteiger partial charge in [0.05, 0.1) is 6.04 Å². The lowest BCUT2D eigenvalue weighted by Gasteiger charge is -2.27. The van der Waals surface area contributed by atoms with E-state index in [-0.39, 0.29) is 11.9 Å². The Morgan fingerprint density at radius 1 is 1.35 bits per heavy atom. The van der Waals surface area contributed by atoms with Crippen LogP contribution in [0.1, 0.15) is 42.9 Å². The largest absolute Gasteiger partial charge is 0.480 e. The molecule has 3 rings (SSSR count). The van der Waals surface area contributed by atoms with Gasteiger partial charge in [-0.2, -0.15) is 0 Å². The van der Waals surface area contributed by atoms with Crippen LogP contribution in [-0.2, 0) is 16.0 Å². The molecule has 0 aliphatic heterocycles. The third kappa shape index (κ3) is 2.07. The summed E-state index contributed by atoms with van der Waals surface area (Å²) in [6.45, 7) is 0. The van der Waals surface area contributed by atoms with Crippen molar-refractivity contribution in [2.75, 3.05) is 0 Å². The third-order valence-corrected chi connectivity index (χ3v) is 4.32. The van der Waals surface area contributed by atoms with Crippen LogP contribution in [0.25, 0.3) is 0 Å². The molecule has 1 saturated carbocycles. The van der Waals surface area contributed by atoms with Gasteiger partial charge in [0.1, 0.15) is 11.2 Å². The molecule has 2 N–H and O–H groups in total. The number of carboxylic acid groups (broad SMARTS) is 1. The predicted molar refractivity (Wildman–Crippen MR) is 69.5 cm³/mol. The van der Waals surface area contributed by atoms with E-state index in [0.29, 0.717) is 12.8 Å². The molecule has 106 valence electrons. The van der Waals surface area contributed by atoms with Gasteiger partial charge in [0.2, 0.25) is 5.91 Å². The fourth-order valence-electron chi connectivity index (χ4n) is 2.89. The summed E-state index contributed by atoms with van der Waals surface area (Å²) < 4.78 is 13.2. The third-order valence-electron chi connectivity index (χ3n) is 4.32. The first kappa shape index (κ1) is 13.1. The van der Waals surface area contributed by atoms with Crippen molar-refractivity contribution in [3.05, 3.63) is 35.1 Å². The lowest BCUT2D eigenvalue weighted by Crippen LogP contribution is -2.40. The highest BCUT2D eigenvalue weighted by molar-refractivity contribution is 6.05. The number of nitrogens with one attached hydrogen (secondary N) is 1. The van der Waals surface area contributed by atoms with Gasteiger partial charge in [0.15, 0.2) is 0 Å². The molecular weight excluding hydrogens is 261 g/mol. The number of aliphatic carboxylic acids is 1. The summed E-state index contributed by atoms with van der Waals surface area (Å²) >= 11 is 0. The molecule has 0 aromatic heterocycles. The van der Waals surface area contributed by atoms with E-state index in [0.717, 1.165) is 30.4 Å². The minimum atomic E-state index is -1.22. The molecule has 2 aliphatic rings. The van der Waals surface area contributed by atoms with Gasteiger partial charge in [-0.15, -0.1) is 0 Å². The smallest absolute Gasteiger partial charge is 0.319 e. The lowest BCUT2D eigenvalue weighted by molar-refractivity contribution is -0.149. The van der Waals surface area contributed by atoms with Gasteiger partial charge in [-0.05, 0) is 55.4 Å². The number of fused-ring (bicyclic) bond motifs is 1. The monoisotopic (exact) mass is 277 g/mol. The number of hydrogen-bond acceptors (Lipinski definition) is 2. The Labute approximate surface area is 116 Å². The fraction of sp³-hybridized carbons (Fsp3) is 0.467. The van der Waals surface area contributed by atoms with Crippen LogP contribution in [0.15, 0.2) is 18.2 Å². The molecule has 1 atom stereocenters. The second-order valence-electron chi connectivity index (χ2n) is 5.65. The molecule has 0 spiro atoms. The number of amides is 1. The Hall–Kier alpha value is -1.91. The highest BCUT2D eigenvalue weighted by atomic mass is 19.1. The van der Waals surface area contributed by atoms with Crippen LogP contribution in [0, 0.1) is 11.2 Å². The summed E-state index contributed by atoms with van der Waals surface area (Å²) in [4.78, 5) is 23.3. The molecule has 20 heavy (non-hydrogen) atoms. The molecule has 0 radical (unpaired) electrons. The van der Waals surface area contributed by atoms with Crippen LogP contribution in [0.2, 0.25) is 0 Å². The first-order valence-corrected chi connectivity index (χ1v) is 6.86. The molecule has 2 aliphatic carbocycles. The Kier molecular flexibility index (Phi) is 3.00. The Balaban J connectivity index is 1.80. The minimum Gasteiger partial charge on any atom is -0.480 e. The fourth-order valence-corrected chi connectivity index (χ4v) is 2.89. The van der Waals surface area contributed by atoms with E-state index in [4.69, 9.17) is 5.11 Å². The summed E-state index contributed by atoms with van der Waals surface area (Å²) in [7, 11) is 0. The first-order valence-electron chi connectivity index (χ1n) is 6.86. The lowest BCUT2D eigenvalue weighted by atomic mass is 9.87. The molecule has 0 heterocycles. The summed E-state index contributed by atoms with van der Waals surface area (Å²) in [5, 5.41) is 12.0. The van der Waals surface area contributed by atoms with Crippen molar-refractivity contribution in [3.8, 4) is 0 Å². The topological polar surface area (TPSA) is 66.4 Å². The van der Waals surface area contributed by atoms with Gasteiger partial charge >= 0.3 is 5.97 Å². The van der Waals surface area contributed by atoms with Crippen LogP contribution in [0.4, 0.5) is 4.39 Å². The normalized spacial score (nSPS) is 22.8. The molecule has 1 fully saturated rings. The van der Waals surface area contributed by atoms with Gasteiger partial charge in [0, 0.05) is 0 Å². The van der Waals surface area contributed by atoms with Gasteiger partial charge < -0.3 is 10.4 Å². The highest BCUT2D eigenvalue weighted by Crippen LogP contribution is 2.46. The van der Waals surface area contributed by atoms with Crippen LogP contribution in [0.3, 0.4) is 0 Å². The first-order chi connectivity index (χ1) is 9.53. The van der Waals surface area contributed by atoms with Crippen molar-refractivity contribution in [3.63, 3.8) is 0 Å². The van der Waals surface area contributed by atoms with E-state index in [9.17, 15) is 14.0 Å². The number of hydrogen-bond donors (Lipinski definition) is 2. The van der Waals surface area contributed by atoms with Crippen LogP contribution < -0.4 is 5.32 Å². The zero-order valence-electron chi connectivity index (χ0n) is 11.0. The predicted octanol–water partition coefficient (Wildman–Crippen LogP) is 2.18. The molecule has 1 aromatic rings. The molecule has 0 saturated heterocycles. The summed E-state index contributed by atoms with van der Waals surface area (Å²) in [5.41, 5.74) is 0.589. The number of carboxylic acids is 1. The van der Waals surface area contributed by atoms with Crippen molar-refractivity contribution in [1.29, 1.82) is 0 Å². The zero-order valence-corrected chi connectivity index (χ0v) is 11.0. The average Bonchev–Trinajstić information content (AvgIpc) is 3.20. The van der Waals surface area contributed by atoms with E-state index < -0.39 is 17.3 Å². The Bertz CT molecular complexity index is 580. The van der Waals surface area contributed by atoms with Crippen LogP contribution >= 0.6 is 0 Å². The van der Waals surface area contributed by atoms with Crippen molar-refractivity contribution in [2.45, 2.75) is 38.1 Å². The Morgan fingerprint density at radius 3 is 2.75 bits per heavy atom. The summed E-state index contributed by atoms with van der Waals surface area (Å²) in [6, 6.07) is 4.36. The van der Waals surface area contributed by atoms with Crippen molar-refractivity contribution < 1.29 is 19.1 Å². The maximum absolute atomic E-state index is 13.2. The highest BCUT2D eigenvalue weighted by Gasteiger charge is 2.57. The molecular formula is C15H16FNO3. The van der Waals surface area contributed by atoms with Gasteiger partial charge in [0.25, 0.3) is 0 Å². The SMILES string of the molecule is O=C(O)C1(C(=O)NC2CCCc3cc(F)ccc32)CC1. The number of halogens is 1. The second-order valence-corrected chi connectivity index (χ2v) is 5.65. The number of aryl methyl sites for hydroxylation is 1. The van der Waals surface area contributed by atoms with E-state index in [2.05, 4.69) is 5.32 Å².